The summed E-state index contributed by atoms with van der Waals surface area (Å²) in [5.74, 6) is -2.05. The molecule has 0 unspecified atom stereocenters. The Bertz CT molecular complexity index is 569. The molecule has 1 aromatic rings. The lowest BCUT2D eigenvalue weighted by molar-refractivity contribution is -0.169. The number of methoxy groups -OCH3 is 1. The number of carbonyl (C=O) groups excluding carboxylic acids is 1. The third kappa shape index (κ3) is 4.97. The molecular formula is C12H17N3O6S. The first-order valence-corrected chi connectivity index (χ1v) is 7.03. The van der Waals surface area contributed by atoms with E-state index in [2.05, 4.69) is 10.1 Å². The number of nitrogens with zero attached hydrogens (tertiary/aromatic N) is 2. The van der Waals surface area contributed by atoms with Crippen molar-refractivity contribution in [3.05, 3.63) is 11.1 Å². The average molecular weight is 331 g/mol. The molecule has 0 aliphatic rings. The Morgan fingerprint density at radius 1 is 1.45 bits per heavy atom. The fourth-order valence-corrected chi connectivity index (χ4v) is 1.73. The molecule has 0 amide bonds. The van der Waals surface area contributed by atoms with Crippen LogP contribution >= 0.6 is 11.3 Å². The van der Waals surface area contributed by atoms with Gasteiger partial charge < -0.3 is 25.2 Å². The fraction of sp³-hybridized carbons (Fsp3) is 0.500. The minimum absolute atomic E-state index is 0.0542. The molecule has 22 heavy (non-hydrogen) atoms. The van der Waals surface area contributed by atoms with Crippen LogP contribution in [0.25, 0.3) is 0 Å². The second kappa shape index (κ2) is 7.71. The molecule has 0 bridgehead atoms. The van der Waals surface area contributed by atoms with E-state index < -0.39 is 23.3 Å². The molecule has 0 spiro atoms. The number of carboxylic acid groups (broad SMARTS) is 1. The zero-order valence-electron chi connectivity index (χ0n) is 12.4. The van der Waals surface area contributed by atoms with Gasteiger partial charge in [-0.05, 0) is 13.8 Å². The molecule has 0 fully saturated rings. The predicted molar refractivity (Wildman–Crippen MR) is 78.7 cm³/mol. The van der Waals surface area contributed by atoms with Gasteiger partial charge in [0.1, 0.15) is 12.3 Å². The number of nitrogens with two attached hydrogens (primary N) is 1. The second-order valence-corrected chi connectivity index (χ2v) is 5.44. The maximum Gasteiger partial charge on any atom is 0.360 e. The van der Waals surface area contributed by atoms with E-state index in [0.29, 0.717) is 0 Å². The molecule has 1 heterocycles. The van der Waals surface area contributed by atoms with Gasteiger partial charge in [-0.2, -0.15) is 0 Å². The number of nitrogen functional groups attached to an aromatic ring is 1. The normalized spacial score (nSPS) is 12.0. The van der Waals surface area contributed by atoms with Crippen molar-refractivity contribution < 1.29 is 29.0 Å². The molecule has 0 aromatic carbocycles. The van der Waals surface area contributed by atoms with Crippen molar-refractivity contribution >= 4 is 34.1 Å². The minimum Gasteiger partial charge on any atom is -0.476 e. The lowest BCUT2D eigenvalue weighted by Crippen LogP contribution is -2.36. The van der Waals surface area contributed by atoms with Crippen molar-refractivity contribution in [1.29, 1.82) is 0 Å². The van der Waals surface area contributed by atoms with Crippen molar-refractivity contribution in [3.8, 4) is 0 Å². The first-order valence-electron chi connectivity index (χ1n) is 6.15. The monoisotopic (exact) mass is 331 g/mol. The standard InChI is InChI=1S/C12H17N3O6S/c1-12(2,10(18)20-5-4-19-3)21-15-8(9(16)17)7-6-22-11(13)14-7/h6H,4-5H2,1-3H3,(H2,13,14)(H,16,17). The van der Waals surface area contributed by atoms with Crippen LogP contribution in [0.3, 0.4) is 0 Å². The summed E-state index contributed by atoms with van der Waals surface area (Å²) in [5.41, 5.74) is 3.59. The molecular weight excluding hydrogens is 314 g/mol. The van der Waals surface area contributed by atoms with Gasteiger partial charge in [0, 0.05) is 12.5 Å². The Kier molecular flexibility index (Phi) is 6.25. The Labute approximate surface area is 130 Å². The first-order chi connectivity index (χ1) is 10.3. The summed E-state index contributed by atoms with van der Waals surface area (Å²) in [5, 5.41) is 14.2. The highest BCUT2D eigenvalue weighted by molar-refractivity contribution is 7.13. The van der Waals surface area contributed by atoms with Crippen LogP contribution in [0.1, 0.15) is 19.5 Å². The van der Waals surface area contributed by atoms with E-state index in [0.717, 1.165) is 11.3 Å². The zero-order valence-corrected chi connectivity index (χ0v) is 13.2. The molecule has 122 valence electrons. The lowest BCUT2D eigenvalue weighted by Gasteiger charge is -2.20. The summed E-state index contributed by atoms with van der Waals surface area (Å²) < 4.78 is 9.66. The summed E-state index contributed by atoms with van der Waals surface area (Å²) in [6, 6.07) is 0. The molecule has 9 nitrogen and oxygen atoms in total. The largest absolute Gasteiger partial charge is 0.476 e. The Balaban J connectivity index is 2.81. The lowest BCUT2D eigenvalue weighted by atomic mass is 10.1. The van der Waals surface area contributed by atoms with Crippen LogP contribution in [-0.4, -0.2) is 53.7 Å². The number of thiazole rings is 1. The highest BCUT2D eigenvalue weighted by Crippen LogP contribution is 2.16. The van der Waals surface area contributed by atoms with Gasteiger partial charge in [-0.1, -0.05) is 5.16 Å². The number of ether oxygens (including phenoxy) is 2. The van der Waals surface area contributed by atoms with Crippen LogP contribution < -0.4 is 5.73 Å². The molecule has 1 aromatic heterocycles. The highest BCUT2D eigenvalue weighted by atomic mass is 32.1. The fourth-order valence-electron chi connectivity index (χ4n) is 1.18. The summed E-state index contributed by atoms with van der Waals surface area (Å²) in [6.07, 6.45) is 0. The van der Waals surface area contributed by atoms with Crippen LogP contribution in [0.2, 0.25) is 0 Å². The quantitative estimate of drug-likeness (QED) is 0.304. The molecule has 1 rings (SSSR count). The maximum absolute atomic E-state index is 11.8. The molecule has 0 saturated heterocycles. The van der Waals surface area contributed by atoms with Crippen LogP contribution in [0, 0.1) is 0 Å². The summed E-state index contributed by atoms with van der Waals surface area (Å²) in [7, 11) is 1.47. The Morgan fingerprint density at radius 3 is 2.64 bits per heavy atom. The summed E-state index contributed by atoms with van der Waals surface area (Å²) >= 11 is 1.06. The van der Waals surface area contributed by atoms with Crippen LogP contribution in [0.4, 0.5) is 5.13 Å². The molecule has 0 aliphatic heterocycles. The van der Waals surface area contributed by atoms with Crippen molar-refractivity contribution in [1.82, 2.24) is 4.98 Å². The highest BCUT2D eigenvalue weighted by Gasteiger charge is 2.33. The van der Waals surface area contributed by atoms with Crippen molar-refractivity contribution in [2.24, 2.45) is 5.16 Å². The van der Waals surface area contributed by atoms with Gasteiger partial charge >= 0.3 is 11.9 Å². The number of carboxylic acids is 1. The Hall–Kier alpha value is -2.20. The van der Waals surface area contributed by atoms with Crippen LogP contribution in [0.15, 0.2) is 10.5 Å². The minimum atomic E-state index is -1.46. The number of aromatic nitrogens is 1. The molecule has 0 saturated carbocycles. The SMILES string of the molecule is COCCOC(=O)C(C)(C)ON=C(C(=O)O)c1csc(N)n1. The number of rotatable bonds is 8. The number of aliphatic carboxylic acids is 1. The maximum atomic E-state index is 11.8. The molecule has 10 heteroatoms. The molecule has 0 radical (unpaired) electrons. The van der Waals surface area contributed by atoms with Crippen LogP contribution in [-0.2, 0) is 23.9 Å². The van der Waals surface area contributed by atoms with Gasteiger partial charge in [-0.25, -0.2) is 14.6 Å². The average Bonchev–Trinajstić information content (AvgIpc) is 2.85. The van der Waals surface area contributed by atoms with Gasteiger partial charge in [0.25, 0.3) is 0 Å². The molecule has 3 N–H and O–H groups in total. The summed E-state index contributed by atoms with van der Waals surface area (Å²) in [6.45, 7) is 3.10. The van der Waals surface area contributed by atoms with Gasteiger partial charge in [0.2, 0.25) is 11.3 Å². The van der Waals surface area contributed by atoms with Gasteiger partial charge in [-0.15, -0.1) is 11.3 Å². The zero-order chi connectivity index (χ0) is 16.8. The topological polar surface area (TPSA) is 133 Å². The van der Waals surface area contributed by atoms with E-state index in [-0.39, 0.29) is 24.0 Å². The molecule has 0 atom stereocenters. The number of carbonyl (C=O) groups is 2. The number of hydrogen-bond donors (Lipinski definition) is 2. The van der Waals surface area contributed by atoms with Gasteiger partial charge in [-0.3, -0.25) is 0 Å². The third-order valence-corrected chi connectivity index (χ3v) is 3.02. The number of oxime groups is 1. The van der Waals surface area contributed by atoms with E-state index in [1.807, 2.05) is 0 Å². The van der Waals surface area contributed by atoms with Gasteiger partial charge in [0.05, 0.1) is 6.61 Å². The third-order valence-electron chi connectivity index (χ3n) is 2.34. The second-order valence-electron chi connectivity index (χ2n) is 4.55. The molecule has 0 aliphatic carbocycles. The smallest absolute Gasteiger partial charge is 0.360 e. The summed E-state index contributed by atoms with van der Waals surface area (Å²) in [4.78, 5) is 31.8. The first kappa shape index (κ1) is 17.9. The van der Waals surface area contributed by atoms with Crippen molar-refractivity contribution in [3.63, 3.8) is 0 Å². The number of hydrogen-bond acceptors (Lipinski definition) is 9. The van der Waals surface area contributed by atoms with E-state index >= 15 is 0 Å². The van der Waals surface area contributed by atoms with E-state index in [1.54, 1.807) is 0 Å². The van der Waals surface area contributed by atoms with Crippen LogP contribution in [0.5, 0.6) is 0 Å². The number of anilines is 1. The van der Waals surface area contributed by atoms with Crippen molar-refractivity contribution in [2.75, 3.05) is 26.1 Å². The Morgan fingerprint density at radius 2 is 2.14 bits per heavy atom. The van der Waals surface area contributed by atoms with E-state index in [9.17, 15) is 9.59 Å². The predicted octanol–water partition coefficient (Wildman–Crippen LogP) is 0.499. The van der Waals surface area contributed by atoms with E-state index in [4.69, 9.17) is 25.2 Å². The van der Waals surface area contributed by atoms with Crippen molar-refractivity contribution in [2.45, 2.75) is 19.4 Å². The van der Waals surface area contributed by atoms with E-state index in [1.165, 1.54) is 26.3 Å². The number of esters is 1. The van der Waals surface area contributed by atoms with Gasteiger partial charge in [0.15, 0.2) is 5.13 Å².